The Kier molecular flexibility index (Phi) is 3.00. The summed E-state index contributed by atoms with van der Waals surface area (Å²) in [6.45, 7) is 4.85. The van der Waals surface area contributed by atoms with Crippen LogP contribution in [0.2, 0.25) is 5.15 Å². The van der Waals surface area contributed by atoms with Gasteiger partial charge < -0.3 is 9.84 Å². The molecule has 0 spiro atoms. The number of carbonyl (C=O) groups is 1. The van der Waals surface area contributed by atoms with E-state index >= 15 is 0 Å². The summed E-state index contributed by atoms with van der Waals surface area (Å²) in [6, 6.07) is 2.70. The summed E-state index contributed by atoms with van der Waals surface area (Å²) >= 11 is 5.73. The van der Waals surface area contributed by atoms with Crippen molar-refractivity contribution in [3.05, 3.63) is 22.8 Å². The molecule has 0 amide bonds. The first-order valence-electron chi connectivity index (χ1n) is 5.44. The topological polar surface area (TPSA) is 59.4 Å². The lowest BCUT2D eigenvalue weighted by Crippen LogP contribution is -2.12. The van der Waals surface area contributed by atoms with Crippen molar-refractivity contribution < 1.29 is 14.6 Å². The minimum atomic E-state index is -1.04. The lowest BCUT2D eigenvalue weighted by Gasteiger charge is -2.11. The molecule has 1 fully saturated rings. The Bertz CT molecular complexity index is 463. The van der Waals surface area contributed by atoms with Gasteiger partial charge in [-0.3, -0.25) is 0 Å². The SMILES string of the molecule is C[C@H]1C[C@]1(C)COc1cc(C(=O)O)cc(Cl)n1. The summed E-state index contributed by atoms with van der Waals surface area (Å²) in [6.07, 6.45) is 1.12. The Morgan fingerprint density at radius 3 is 2.88 bits per heavy atom. The molecule has 0 unspecified atom stereocenters. The number of aromatic carboxylic acids is 1. The van der Waals surface area contributed by atoms with Crippen molar-refractivity contribution in [3.63, 3.8) is 0 Å². The fourth-order valence-corrected chi connectivity index (χ4v) is 1.95. The Hall–Kier alpha value is -1.29. The monoisotopic (exact) mass is 255 g/mol. The molecule has 0 bridgehead atoms. The molecule has 4 nitrogen and oxygen atoms in total. The molecule has 1 aliphatic rings. The van der Waals surface area contributed by atoms with Crippen LogP contribution >= 0.6 is 11.6 Å². The third-order valence-electron chi connectivity index (χ3n) is 3.37. The summed E-state index contributed by atoms with van der Waals surface area (Å²) in [5.74, 6) is -0.124. The third kappa shape index (κ3) is 2.69. The van der Waals surface area contributed by atoms with Crippen LogP contribution in [0.4, 0.5) is 0 Å². The van der Waals surface area contributed by atoms with Crippen LogP contribution in [0.1, 0.15) is 30.6 Å². The average molecular weight is 256 g/mol. The maximum atomic E-state index is 10.8. The molecule has 1 aliphatic carbocycles. The van der Waals surface area contributed by atoms with Crippen molar-refractivity contribution in [1.82, 2.24) is 4.98 Å². The molecule has 1 heterocycles. The average Bonchev–Trinajstić information content (AvgIpc) is 2.84. The lowest BCUT2D eigenvalue weighted by atomic mass is 10.1. The molecule has 0 saturated heterocycles. The summed E-state index contributed by atoms with van der Waals surface area (Å²) in [7, 11) is 0. The number of nitrogens with zero attached hydrogens (tertiary/aromatic N) is 1. The highest BCUT2D eigenvalue weighted by Crippen LogP contribution is 2.51. The van der Waals surface area contributed by atoms with Crippen molar-refractivity contribution in [2.24, 2.45) is 11.3 Å². The van der Waals surface area contributed by atoms with Gasteiger partial charge in [0.15, 0.2) is 0 Å². The number of hydrogen-bond acceptors (Lipinski definition) is 3. The van der Waals surface area contributed by atoms with Gasteiger partial charge in [0.2, 0.25) is 5.88 Å². The van der Waals surface area contributed by atoms with Gasteiger partial charge in [-0.2, -0.15) is 0 Å². The first-order chi connectivity index (χ1) is 7.90. The molecule has 1 saturated carbocycles. The number of aromatic nitrogens is 1. The van der Waals surface area contributed by atoms with Gasteiger partial charge in [-0.25, -0.2) is 9.78 Å². The zero-order valence-corrected chi connectivity index (χ0v) is 10.5. The van der Waals surface area contributed by atoms with Gasteiger partial charge in [0.25, 0.3) is 0 Å². The second kappa shape index (κ2) is 4.18. The predicted molar refractivity (Wildman–Crippen MR) is 63.6 cm³/mol. The van der Waals surface area contributed by atoms with Crippen LogP contribution in [0.25, 0.3) is 0 Å². The van der Waals surface area contributed by atoms with Gasteiger partial charge >= 0.3 is 5.97 Å². The molecule has 1 aromatic heterocycles. The van der Waals surface area contributed by atoms with Crippen LogP contribution in [0.5, 0.6) is 5.88 Å². The number of carboxylic acid groups (broad SMARTS) is 1. The molecule has 17 heavy (non-hydrogen) atoms. The second-order valence-corrected chi connectivity index (χ2v) is 5.26. The largest absolute Gasteiger partial charge is 0.478 e. The molecule has 0 aromatic carbocycles. The maximum Gasteiger partial charge on any atom is 0.335 e. The van der Waals surface area contributed by atoms with E-state index < -0.39 is 5.97 Å². The Morgan fingerprint density at radius 1 is 1.71 bits per heavy atom. The van der Waals surface area contributed by atoms with Crippen molar-refractivity contribution >= 4 is 17.6 Å². The van der Waals surface area contributed by atoms with E-state index in [4.69, 9.17) is 21.4 Å². The number of carboxylic acids is 1. The van der Waals surface area contributed by atoms with Gasteiger partial charge in [0, 0.05) is 11.5 Å². The molecule has 1 N–H and O–H groups in total. The highest BCUT2D eigenvalue weighted by molar-refractivity contribution is 6.29. The van der Waals surface area contributed by atoms with Crippen LogP contribution in [-0.2, 0) is 0 Å². The molecular formula is C12H14ClNO3. The minimum Gasteiger partial charge on any atom is -0.478 e. The quantitative estimate of drug-likeness (QED) is 0.841. The highest BCUT2D eigenvalue weighted by Gasteiger charge is 2.47. The molecular weight excluding hydrogens is 242 g/mol. The number of hydrogen-bond donors (Lipinski definition) is 1. The van der Waals surface area contributed by atoms with Crippen LogP contribution in [0.15, 0.2) is 12.1 Å². The van der Waals surface area contributed by atoms with Crippen LogP contribution < -0.4 is 4.74 Å². The van der Waals surface area contributed by atoms with E-state index in [0.717, 1.165) is 6.42 Å². The zero-order valence-electron chi connectivity index (χ0n) is 9.74. The number of halogens is 1. The van der Waals surface area contributed by atoms with Gasteiger partial charge in [-0.05, 0) is 18.4 Å². The predicted octanol–water partition coefficient (Wildman–Crippen LogP) is 2.86. The van der Waals surface area contributed by atoms with Gasteiger partial charge in [-0.15, -0.1) is 0 Å². The summed E-state index contributed by atoms with van der Waals surface area (Å²) in [4.78, 5) is 14.8. The molecule has 0 radical (unpaired) electrons. The molecule has 5 heteroatoms. The fraction of sp³-hybridized carbons (Fsp3) is 0.500. The second-order valence-electron chi connectivity index (χ2n) is 4.87. The standard InChI is InChI=1S/C12H14ClNO3/c1-7-5-12(7,2)6-17-10-4-8(11(15)16)3-9(13)14-10/h3-4,7H,5-6H2,1-2H3,(H,15,16)/t7-,12+/m0/s1. The fourth-order valence-electron chi connectivity index (χ4n) is 1.75. The Balaban J connectivity index is 2.08. The minimum absolute atomic E-state index is 0.0917. The van der Waals surface area contributed by atoms with E-state index in [-0.39, 0.29) is 22.0 Å². The number of rotatable bonds is 4. The maximum absolute atomic E-state index is 10.8. The summed E-state index contributed by atoms with van der Waals surface area (Å²) in [5, 5.41) is 9.01. The molecule has 2 atom stereocenters. The Labute approximate surface area is 105 Å². The van der Waals surface area contributed by atoms with Crippen molar-refractivity contribution in [1.29, 1.82) is 0 Å². The summed E-state index contributed by atoms with van der Waals surface area (Å²) < 4.78 is 5.52. The molecule has 1 aromatic rings. The normalized spacial score (nSPS) is 26.6. The summed E-state index contributed by atoms with van der Waals surface area (Å²) in [5.41, 5.74) is 0.280. The van der Waals surface area contributed by atoms with E-state index in [1.807, 2.05) is 0 Å². The van der Waals surface area contributed by atoms with E-state index in [2.05, 4.69) is 18.8 Å². The van der Waals surface area contributed by atoms with Crippen LogP contribution in [-0.4, -0.2) is 22.7 Å². The first kappa shape index (κ1) is 12.2. The van der Waals surface area contributed by atoms with Gasteiger partial charge in [-0.1, -0.05) is 25.4 Å². The zero-order chi connectivity index (χ0) is 12.6. The van der Waals surface area contributed by atoms with Crippen molar-refractivity contribution in [2.75, 3.05) is 6.61 Å². The molecule has 92 valence electrons. The van der Waals surface area contributed by atoms with E-state index in [0.29, 0.717) is 12.5 Å². The van der Waals surface area contributed by atoms with Gasteiger partial charge in [0.05, 0.1) is 12.2 Å². The van der Waals surface area contributed by atoms with Crippen LogP contribution in [0.3, 0.4) is 0 Å². The number of ether oxygens (including phenoxy) is 1. The molecule has 0 aliphatic heterocycles. The lowest BCUT2D eigenvalue weighted by molar-refractivity contribution is 0.0696. The van der Waals surface area contributed by atoms with Crippen molar-refractivity contribution in [3.8, 4) is 5.88 Å². The van der Waals surface area contributed by atoms with Gasteiger partial charge in [0.1, 0.15) is 5.15 Å². The number of pyridine rings is 1. The van der Waals surface area contributed by atoms with E-state index in [1.165, 1.54) is 12.1 Å². The smallest absolute Gasteiger partial charge is 0.335 e. The van der Waals surface area contributed by atoms with E-state index in [9.17, 15) is 4.79 Å². The highest BCUT2D eigenvalue weighted by atomic mass is 35.5. The molecule has 2 rings (SSSR count). The van der Waals surface area contributed by atoms with E-state index in [1.54, 1.807) is 0 Å². The van der Waals surface area contributed by atoms with Crippen molar-refractivity contribution in [2.45, 2.75) is 20.3 Å². The third-order valence-corrected chi connectivity index (χ3v) is 3.56. The Morgan fingerprint density at radius 2 is 2.35 bits per heavy atom. The first-order valence-corrected chi connectivity index (χ1v) is 5.82. The van der Waals surface area contributed by atoms with Crippen LogP contribution in [0, 0.1) is 11.3 Å².